The van der Waals surface area contributed by atoms with Crippen LogP contribution >= 0.6 is 0 Å². The number of nitrogens with one attached hydrogen (secondary N) is 4. The fourth-order valence-electron chi connectivity index (χ4n) is 4.43. The van der Waals surface area contributed by atoms with E-state index in [4.69, 9.17) is 0 Å². The van der Waals surface area contributed by atoms with E-state index < -0.39 is 10.0 Å². The Kier molecular flexibility index (Phi) is 7.76. The molecule has 0 fully saturated rings. The second-order valence-corrected chi connectivity index (χ2v) is 10.9. The van der Waals surface area contributed by atoms with Crippen molar-refractivity contribution < 1.29 is 13.2 Å². The van der Waals surface area contributed by atoms with Crippen LogP contribution in [0.2, 0.25) is 0 Å². The van der Waals surface area contributed by atoms with Gasteiger partial charge in [-0.3, -0.25) is 9.52 Å². The van der Waals surface area contributed by atoms with Crippen molar-refractivity contribution in [2.24, 2.45) is 0 Å². The third-order valence-electron chi connectivity index (χ3n) is 6.36. The van der Waals surface area contributed by atoms with Crippen LogP contribution in [0.25, 0.3) is 11.3 Å². The number of para-hydroxylation sites is 1. The normalized spacial score (nSPS) is 13.9. The van der Waals surface area contributed by atoms with Gasteiger partial charge in [0.15, 0.2) is 0 Å². The van der Waals surface area contributed by atoms with Gasteiger partial charge >= 0.3 is 0 Å². The van der Waals surface area contributed by atoms with Gasteiger partial charge in [-0.25, -0.2) is 8.42 Å². The lowest BCUT2D eigenvalue weighted by Gasteiger charge is -2.16. The van der Waals surface area contributed by atoms with Crippen molar-refractivity contribution in [3.8, 4) is 0 Å². The molecule has 0 spiro atoms. The molecule has 1 amide bonds. The zero-order valence-corrected chi connectivity index (χ0v) is 22.4. The molecule has 4 N–H and O–H groups in total. The van der Waals surface area contributed by atoms with E-state index in [0.717, 1.165) is 36.3 Å². The maximum Gasteiger partial charge on any atom is 0.261 e. The molecule has 7 nitrogen and oxygen atoms in total. The molecule has 1 heterocycles. The number of amides is 1. The summed E-state index contributed by atoms with van der Waals surface area (Å²) in [5, 5.41) is 9.72. The maximum atomic E-state index is 13.3. The highest BCUT2D eigenvalue weighted by Gasteiger charge is 2.30. The van der Waals surface area contributed by atoms with Crippen molar-refractivity contribution in [3.05, 3.63) is 120 Å². The average Bonchev–Trinajstić information content (AvgIpc) is 3.28. The highest BCUT2D eigenvalue weighted by Crippen LogP contribution is 2.39. The van der Waals surface area contributed by atoms with Crippen LogP contribution in [0.15, 0.2) is 108 Å². The minimum Gasteiger partial charge on any atom is -0.354 e. The first-order chi connectivity index (χ1) is 18.9. The Morgan fingerprint density at radius 2 is 1.51 bits per heavy atom. The molecule has 5 rings (SSSR count). The van der Waals surface area contributed by atoms with Crippen molar-refractivity contribution in [1.29, 1.82) is 0 Å². The lowest BCUT2D eigenvalue weighted by molar-refractivity contribution is -0.110. The molecule has 0 saturated heterocycles. The first-order valence-electron chi connectivity index (χ1n) is 12.8. The van der Waals surface area contributed by atoms with Crippen molar-refractivity contribution in [1.82, 2.24) is 5.32 Å². The second kappa shape index (κ2) is 11.6. The predicted octanol–water partition coefficient (Wildman–Crippen LogP) is 5.92. The van der Waals surface area contributed by atoms with Crippen LogP contribution < -0.4 is 20.7 Å². The average molecular weight is 539 g/mol. The summed E-state index contributed by atoms with van der Waals surface area (Å²) in [4.78, 5) is 13.4. The van der Waals surface area contributed by atoms with Crippen molar-refractivity contribution >= 4 is 44.3 Å². The number of hydrogen-bond acceptors (Lipinski definition) is 5. The van der Waals surface area contributed by atoms with Gasteiger partial charge < -0.3 is 16.0 Å². The van der Waals surface area contributed by atoms with Gasteiger partial charge in [-0.1, -0.05) is 67.6 Å². The van der Waals surface area contributed by atoms with Crippen LogP contribution in [0, 0.1) is 0 Å². The van der Waals surface area contributed by atoms with Crippen molar-refractivity contribution in [2.75, 3.05) is 21.9 Å². The zero-order chi connectivity index (χ0) is 27.2. The Balaban J connectivity index is 1.54. The lowest BCUT2D eigenvalue weighted by Crippen LogP contribution is -2.14. The van der Waals surface area contributed by atoms with Gasteiger partial charge in [0.2, 0.25) is 0 Å². The van der Waals surface area contributed by atoms with E-state index in [-0.39, 0.29) is 10.8 Å². The highest BCUT2D eigenvalue weighted by molar-refractivity contribution is 7.92. The summed E-state index contributed by atoms with van der Waals surface area (Å²) in [6, 6.07) is 31.0. The van der Waals surface area contributed by atoms with Crippen LogP contribution in [0.4, 0.5) is 17.1 Å². The molecule has 1 aliphatic heterocycles. The van der Waals surface area contributed by atoms with E-state index in [1.165, 1.54) is 6.07 Å². The smallest absolute Gasteiger partial charge is 0.261 e. The Hall–Kier alpha value is -4.40. The number of carbonyl (C=O) groups is 1. The number of rotatable bonds is 10. The topological polar surface area (TPSA) is 99.3 Å². The van der Waals surface area contributed by atoms with E-state index in [9.17, 15) is 13.2 Å². The SMILES string of the molecule is CCCNCc1ccc(N/C(=C2\C(=O)Nc3ccc(S(=O)(=O)Nc4ccccc4)cc32)c2ccccc2)cc1. The monoisotopic (exact) mass is 538 g/mol. The van der Waals surface area contributed by atoms with Crippen LogP contribution in [0.1, 0.15) is 30.0 Å². The summed E-state index contributed by atoms with van der Waals surface area (Å²) < 4.78 is 29.0. The molecule has 0 unspecified atom stereocenters. The van der Waals surface area contributed by atoms with E-state index in [2.05, 4.69) is 27.6 Å². The van der Waals surface area contributed by atoms with Gasteiger partial charge in [0, 0.05) is 29.2 Å². The minimum atomic E-state index is -3.88. The Bertz CT molecular complexity index is 1600. The Morgan fingerprint density at radius 1 is 0.821 bits per heavy atom. The van der Waals surface area contributed by atoms with Crippen molar-refractivity contribution in [3.63, 3.8) is 0 Å². The number of hydrogen-bond donors (Lipinski definition) is 4. The van der Waals surface area contributed by atoms with E-state index in [0.29, 0.717) is 28.2 Å². The molecule has 8 heteroatoms. The molecular weight excluding hydrogens is 508 g/mol. The lowest BCUT2D eigenvalue weighted by atomic mass is 10.00. The minimum absolute atomic E-state index is 0.0652. The number of carbonyl (C=O) groups excluding carboxylic acids is 1. The summed E-state index contributed by atoms with van der Waals surface area (Å²) in [6.07, 6.45) is 1.07. The van der Waals surface area contributed by atoms with Crippen molar-refractivity contribution in [2.45, 2.75) is 24.8 Å². The molecule has 198 valence electrons. The predicted molar refractivity (Wildman–Crippen MR) is 158 cm³/mol. The van der Waals surface area contributed by atoms with Crippen LogP contribution in [-0.4, -0.2) is 20.9 Å². The molecule has 0 bridgehead atoms. The van der Waals surface area contributed by atoms with E-state index >= 15 is 0 Å². The van der Waals surface area contributed by atoms with Gasteiger partial charge in [0.05, 0.1) is 16.2 Å². The van der Waals surface area contributed by atoms with Crippen LogP contribution in [0.5, 0.6) is 0 Å². The summed E-state index contributed by atoms with van der Waals surface area (Å²) in [5.74, 6) is -0.303. The number of sulfonamides is 1. The van der Waals surface area contributed by atoms with Gasteiger partial charge in [0.25, 0.3) is 15.9 Å². The molecule has 0 aliphatic carbocycles. The number of fused-ring (bicyclic) bond motifs is 1. The Morgan fingerprint density at radius 3 is 2.21 bits per heavy atom. The molecule has 4 aromatic carbocycles. The molecule has 0 atom stereocenters. The fraction of sp³-hybridized carbons (Fsp3) is 0.129. The van der Waals surface area contributed by atoms with E-state index in [1.807, 2.05) is 60.7 Å². The molecule has 4 aromatic rings. The molecule has 39 heavy (non-hydrogen) atoms. The molecule has 1 aliphatic rings. The largest absolute Gasteiger partial charge is 0.354 e. The summed E-state index contributed by atoms with van der Waals surface area (Å²) in [5.41, 5.74) is 5.28. The molecular formula is C31H30N4O3S. The number of anilines is 3. The van der Waals surface area contributed by atoms with Gasteiger partial charge in [0.1, 0.15) is 0 Å². The first-order valence-corrected chi connectivity index (χ1v) is 14.3. The molecule has 0 saturated carbocycles. The van der Waals surface area contributed by atoms with E-state index in [1.54, 1.807) is 36.4 Å². The highest BCUT2D eigenvalue weighted by atomic mass is 32.2. The fourth-order valence-corrected chi connectivity index (χ4v) is 5.51. The zero-order valence-electron chi connectivity index (χ0n) is 21.6. The Labute approximate surface area is 229 Å². The third-order valence-corrected chi connectivity index (χ3v) is 7.74. The number of benzene rings is 4. The summed E-state index contributed by atoms with van der Waals surface area (Å²) in [6.45, 7) is 3.87. The maximum absolute atomic E-state index is 13.3. The first kappa shape index (κ1) is 26.2. The molecule has 0 aromatic heterocycles. The third kappa shape index (κ3) is 6.03. The van der Waals surface area contributed by atoms with Gasteiger partial charge in [-0.15, -0.1) is 0 Å². The quantitative estimate of drug-likeness (QED) is 0.148. The standard InChI is InChI=1S/C31H30N4O3S/c1-2-19-32-21-22-13-15-24(16-14-22)33-30(23-9-5-3-6-10-23)29-27-20-26(17-18-28(27)34-31(29)36)39(37,38)35-25-11-7-4-8-12-25/h3-18,20,32-33,35H,2,19,21H2,1H3,(H,34,36)/b30-29-. The van der Waals surface area contributed by atoms with Gasteiger partial charge in [-0.05, 0) is 66.6 Å². The van der Waals surface area contributed by atoms with Crippen LogP contribution in [0.3, 0.4) is 0 Å². The summed E-state index contributed by atoms with van der Waals surface area (Å²) in [7, 11) is -3.88. The van der Waals surface area contributed by atoms with Gasteiger partial charge in [-0.2, -0.15) is 0 Å². The van der Waals surface area contributed by atoms with Crippen LogP contribution in [-0.2, 0) is 21.4 Å². The summed E-state index contributed by atoms with van der Waals surface area (Å²) >= 11 is 0. The molecule has 0 radical (unpaired) electrons. The second-order valence-electron chi connectivity index (χ2n) is 9.25.